The number of halogens is 1. The maximum Gasteiger partial charge on any atom is 0.345 e. The standard InChI is InChI=1S/C8H6ClN3O/c1-4-2-6(9)11-5-3-10-8(13)12-7(4)5/h2-3H,1H3,(H,10,12,13). The molecule has 2 aromatic rings. The minimum Gasteiger partial charge on any atom is -0.304 e. The van der Waals surface area contributed by atoms with Gasteiger partial charge >= 0.3 is 5.69 Å². The average molecular weight is 196 g/mol. The van der Waals surface area contributed by atoms with Gasteiger partial charge in [0, 0.05) is 0 Å². The van der Waals surface area contributed by atoms with E-state index in [9.17, 15) is 4.79 Å². The summed E-state index contributed by atoms with van der Waals surface area (Å²) in [5.41, 5.74) is 1.79. The summed E-state index contributed by atoms with van der Waals surface area (Å²) >= 11 is 5.73. The fourth-order valence-electron chi connectivity index (χ4n) is 1.17. The number of H-pyrrole nitrogens is 1. The fourth-order valence-corrected chi connectivity index (χ4v) is 1.43. The zero-order chi connectivity index (χ0) is 9.42. The number of nitrogens with zero attached hydrogens (tertiary/aromatic N) is 2. The summed E-state index contributed by atoms with van der Waals surface area (Å²) in [6.07, 6.45) is 1.41. The van der Waals surface area contributed by atoms with Crippen molar-refractivity contribution >= 4 is 22.6 Å². The van der Waals surface area contributed by atoms with Crippen LogP contribution < -0.4 is 5.69 Å². The minimum absolute atomic E-state index is 0.375. The molecule has 0 atom stereocenters. The van der Waals surface area contributed by atoms with Gasteiger partial charge in [-0.3, -0.25) is 0 Å². The Balaban J connectivity index is 2.95. The summed E-state index contributed by atoms with van der Waals surface area (Å²) in [5.74, 6) is 0. The predicted molar refractivity (Wildman–Crippen MR) is 49.9 cm³/mol. The zero-order valence-electron chi connectivity index (χ0n) is 6.84. The highest BCUT2D eigenvalue weighted by molar-refractivity contribution is 6.29. The second kappa shape index (κ2) is 2.81. The first-order chi connectivity index (χ1) is 6.16. The normalized spacial score (nSPS) is 10.6. The van der Waals surface area contributed by atoms with Crippen LogP contribution in [0.25, 0.3) is 11.0 Å². The Hall–Kier alpha value is -1.42. The molecule has 0 aliphatic rings. The number of hydrogen-bond acceptors (Lipinski definition) is 3. The van der Waals surface area contributed by atoms with E-state index in [0.717, 1.165) is 5.56 Å². The first-order valence-corrected chi connectivity index (χ1v) is 4.07. The van der Waals surface area contributed by atoms with Crippen molar-refractivity contribution in [3.8, 4) is 0 Å². The number of nitrogens with one attached hydrogen (secondary N) is 1. The van der Waals surface area contributed by atoms with Crippen molar-refractivity contribution in [2.24, 2.45) is 0 Å². The molecule has 0 aliphatic carbocycles. The third kappa shape index (κ3) is 1.40. The molecule has 0 fully saturated rings. The van der Waals surface area contributed by atoms with Crippen LogP contribution in [0.2, 0.25) is 5.15 Å². The van der Waals surface area contributed by atoms with Crippen LogP contribution in [0.4, 0.5) is 0 Å². The van der Waals surface area contributed by atoms with Gasteiger partial charge in [0.1, 0.15) is 10.7 Å². The van der Waals surface area contributed by atoms with Gasteiger partial charge in [-0.25, -0.2) is 9.78 Å². The molecule has 5 heteroatoms. The molecule has 13 heavy (non-hydrogen) atoms. The lowest BCUT2D eigenvalue weighted by molar-refractivity contribution is 1.10. The Morgan fingerprint density at radius 1 is 1.54 bits per heavy atom. The van der Waals surface area contributed by atoms with Crippen LogP contribution in [0.5, 0.6) is 0 Å². The Bertz CT molecular complexity index is 520. The summed E-state index contributed by atoms with van der Waals surface area (Å²) in [6.45, 7) is 1.85. The molecule has 2 rings (SSSR count). The quantitative estimate of drug-likeness (QED) is 0.645. The largest absolute Gasteiger partial charge is 0.345 e. The van der Waals surface area contributed by atoms with E-state index in [1.165, 1.54) is 6.20 Å². The van der Waals surface area contributed by atoms with Crippen LogP contribution in [0.1, 0.15) is 5.56 Å². The molecule has 0 aliphatic heterocycles. The number of pyridine rings is 1. The van der Waals surface area contributed by atoms with Crippen LogP contribution in [-0.4, -0.2) is 15.0 Å². The maximum atomic E-state index is 10.9. The molecule has 0 saturated heterocycles. The van der Waals surface area contributed by atoms with Crippen molar-refractivity contribution in [2.45, 2.75) is 6.92 Å². The lowest BCUT2D eigenvalue weighted by Gasteiger charge is -1.99. The summed E-state index contributed by atoms with van der Waals surface area (Å²) in [6, 6.07) is 1.69. The van der Waals surface area contributed by atoms with E-state index in [2.05, 4.69) is 15.0 Å². The van der Waals surface area contributed by atoms with Crippen LogP contribution in [-0.2, 0) is 0 Å². The summed E-state index contributed by atoms with van der Waals surface area (Å²) < 4.78 is 0. The highest BCUT2D eigenvalue weighted by atomic mass is 35.5. The molecule has 0 bridgehead atoms. The second-order valence-corrected chi connectivity index (χ2v) is 3.10. The van der Waals surface area contributed by atoms with E-state index in [4.69, 9.17) is 11.6 Å². The predicted octanol–water partition coefficient (Wildman–Crippen LogP) is 1.28. The Morgan fingerprint density at radius 3 is 3.08 bits per heavy atom. The number of rotatable bonds is 0. The number of aryl methyl sites for hydroxylation is 1. The molecule has 0 unspecified atom stereocenters. The van der Waals surface area contributed by atoms with Gasteiger partial charge in [0.15, 0.2) is 0 Å². The molecule has 0 radical (unpaired) electrons. The van der Waals surface area contributed by atoms with Crippen LogP contribution in [0, 0.1) is 6.92 Å². The molecule has 2 heterocycles. The second-order valence-electron chi connectivity index (χ2n) is 2.71. The van der Waals surface area contributed by atoms with Gasteiger partial charge in [-0.05, 0) is 18.6 Å². The topological polar surface area (TPSA) is 58.6 Å². The van der Waals surface area contributed by atoms with Crippen molar-refractivity contribution in [1.29, 1.82) is 0 Å². The molecule has 0 aromatic carbocycles. The summed E-state index contributed by atoms with van der Waals surface area (Å²) in [4.78, 5) is 21.1. The van der Waals surface area contributed by atoms with E-state index < -0.39 is 0 Å². The Morgan fingerprint density at radius 2 is 2.31 bits per heavy atom. The molecule has 4 nitrogen and oxygen atoms in total. The molecule has 2 aromatic heterocycles. The van der Waals surface area contributed by atoms with Crippen molar-refractivity contribution in [1.82, 2.24) is 15.0 Å². The third-order valence-corrected chi connectivity index (χ3v) is 1.94. The number of hydrogen-bond donors (Lipinski definition) is 1. The smallest absolute Gasteiger partial charge is 0.304 e. The lowest BCUT2D eigenvalue weighted by Crippen LogP contribution is -2.09. The van der Waals surface area contributed by atoms with Gasteiger partial charge in [0.2, 0.25) is 0 Å². The van der Waals surface area contributed by atoms with E-state index in [0.29, 0.717) is 16.2 Å². The molecule has 0 saturated carbocycles. The van der Waals surface area contributed by atoms with Gasteiger partial charge in [0.05, 0.1) is 11.7 Å². The van der Waals surface area contributed by atoms with E-state index in [1.54, 1.807) is 6.07 Å². The average Bonchev–Trinajstić information content (AvgIpc) is 2.06. The molecule has 1 N–H and O–H groups in total. The van der Waals surface area contributed by atoms with E-state index in [1.807, 2.05) is 6.92 Å². The van der Waals surface area contributed by atoms with Gasteiger partial charge in [-0.2, -0.15) is 4.98 Å². The van der Waals surface area contributed by atoms with Gasteiger partial charge < -0.3 is 4.98 Å². The highest BCUT2D eigenvalue weighted by Crippen LogP contribution is 2.15. The summed E-state index contributed by atoms with van der Waals surface area (Å²) in [7, 11) is 0. The fraction of sp³-hybridized carbons (Fsp3) is 0.125. The van der Waals surface area contributed by atoms with Crippen LogP contribution in [0.3, 0.4) is 0 Å². The van der Waals surface area contributed by atoms with E-state index >= 15 is 0 Å². The van der Waals surface area contributed by atoms with Crippen LogP contribution >= 0.6 is 11.6 Å². The highest BCUT2D eigenvalue weighted by Gasteiger charge is 2.01. The first kappa shape index (κ1) is 8.19. The number of aromatic amines is 1. The molecular formula is C8H6ClN3O. The van der Waals surface area contributed by atoms with Crippen molar-refractivity contribution < 1.29 is 0 Å². The molecule has 0 spiro atoms. The molecule has 0 amide bonds. The summed E-state index contributed by atoms with van der Waals surface area (Å²) in [5, 5.41) is 0.402. The first-order valence-electron chi connectivity index (χ1n) is 3.69. The zero-order valence-corrected chi connectivity index (χ0v) is 7.59. The molecular weight excluding hydrogens is 190 g/mol. The maximum absolute atomic E-state index is 10.9. The number of fused-ring (bicyclic) bond motifs is 1. The van der Waals surface area contributed by atoms with Crippen molar-refractivity contribution in [2.75, 3.05) is 0 Å². The van der Waals surface area contributed by atoms with E-state index in [-0.39, 0.29) is 5.69 Å². The molecule has 66 valence electrons. The lowest BCUT2D eigenvalue weighted by atomic mass is 10.2. The SMILES string of the molecule is Cc1cc(Cl)nc2cnc(=O)[nH]c12. The van der Waals surface area contributed by atoms with Crippen molar-refractivity contribution in [3.63, 3.8) is 0 Å². The monoisotopic (exact) mass is 195 g/mol. The number of aromatic nitrogens is 3. The minimum atomic E-state index is -0.375. The third-order valence-electron chi connectivity index (χ3n) is 1.75. The Kier molecular flexibility index (Phi) is 1.77. The van der Waals surface area contributed by atoms with Crippen LogP contribution in [0.15, 0.2) is 17.1 Å². The van der Waals surface area contributed by atoms with Gasteiger partial charge in [-0.15, -0.1) is 0 Å². The van der Waals surface area contributed by atoms with Gasteiger partial charge in [-0.1, -0.05) is 11.6 Å². The van der Waals surface area contributed by atoms with Crippen molar-refractivity contribution in [3.05, 3.63) is 33.5 Å². The van der Waals surface area contributed by atoms with Gasteiger partial charge in [0.25, 0.3) is 0 Å². The Labute approximate surface area is 78.6 Å².